The van der Waals surface area contributed by atoms with Crippen molar-refractivity contribution in [3.63, 3.8) is 0 Å². The van der Waals surface area contributed by atoms with Crippen LogP contribution in [-0.4, -0.2) is 12.5 Å². The van der Waals surface area contributed by atoms with Crippen LogP contribution in [0.15, 0.2) is 65.4 Å². The van der Waals surface area contributed by atoms with E-state index < -0.39 is 0 Å². The topological polar surface area (TPSA) is 18.5 Å². The number of hydrogen-bond donors (Lipinski definition) is 0. The Labute approximate surface area is 164 Å². The minimum absolute atomic E-state index is 0.268. The van der Waals surface area contributed by atoms with Crippen LogP contribution in [0, 0.1) is 0 Å². The molecular formula is C22H23ClO2S. The summed E-state index contributed by atoms with van der Waals surface area (Å²) in [5, 5.41) is 4.30. The van der Waals surface area contributed by atoms with Crippen molar-refractivity contribution in [2.75, 3.05) is 12.5 Å². The minimum Gasteiger partial charge on any atom is -0.493 e. The molecule has 1 unspecified atom stereocenters. The van der Waals surface area contributed by atoms with Gasteiger partial charge in [-0.15, -0.1) is 11.6 Å². The normalized spacial score (nSPS) is 11.9. The highest BCUT2D eigenvalue weighted by atomic mass is 35.5. The van der Waals surface area contributed by atoms with E-state index in [1.54, 1.807) is 11.3 Å². The van der Waals surface area contributed by atoms with Crippen LogP contribution in [0.5, 0.6) is 11.5 Å². The van der Waals surface area contributed by atoms with E-state index >= 15 is 0 Å². The van der Waals surface area contributed by atoms with Crippen LogP contribution in [0.2, 0.25) is 0 Å². The third-order valence-corrected chi connectivity index (χ3v) is 5.25. The Balaban J connectivity index is 1.82. The van der Waals surface area contributed by atoms with Crippen molar-refractivity contribution in [1.29, 1.82) is 0 Å². The highest BCUT2D eigenvalue weighted by Gasteiger charge is 2.16. The van der Waals surface area contributed by atoms with Crippen molar-refractivity contribution in [2.24, 2.45) is 0 Å². The molecule has 0 bridgehead atoms. The molecule has 0 aliphatic heterocycles. The first-order valence-electron chi connectivity index (χ1n) is 8.79. The molecule has 0 amide bonds. The summed E-state index contributed by atoms with van der Waals surface area (Å²) in [5.41, 5.74) is 3.62. The van der Waals surface area contributed by atoms with Crippen molar-refractivity contribution in [1.82, 2.24) is 0 Å². The fraction of sp³-hybridized carbons (Fsp3) is 0.273. The lowest BCUT2D eigenvalue weighted by atomic mass is 9.94. The van der Waals surface area contributed by atoms with E-state index in [1.807, 2.05) is 30.3 Å². The van der Waals surface area contributed by atoms with Crippen molar-refractivity contribution < 1.29 is 9.47 Å². The molecule has 3 aromatic rings. The molecule has 2 nitrogen and oxygen atoms in total. The van der Waals surface area contributed by atoms with E-state index in [0.29, 0.717) is 19.1 Å². The van der Waals surface area contributed by atoms with Crippen molar-refractivity contribution in [3.8, 4) is 11.5 Å². The highest BCUT2D eigenvalue weighted by molar-refractivity contribution is 7.08. The molecule has 0 saturated heterocycles. The molecule has 136 valence electrons. The fourth-order valence-electron chi connectivity index (χ4n) is 2.77. The molecule has 0 N–H and O–H groups in total. The lowest BCUT2D eigenvalue weighted by Gasteiger charge is -2.18. The molecule has 0 fully saturated rings. The molecule has 1 atom stereocenters. The van der Waals surface area contributed by atoms with E-state index in [2.05, 4.69) is 41.9 Å². The van der Waals surface area contributed by atoms with Gasteiger partial charge in [-0.3, -0.25) is 0 Å². The predicted octanol–water partition coefficient (Wildman–Crippen LogP) is 6.49. The van der Waals surface area contributed by atoms with E-state index in [4.69, 9.17) is 21.1 Å². The van der Waals surface area contributed by atoms with Gasteiger partial charge in [0.1, 0.15) is 18.1 Å². The number of alkyl halides is 1. The molecule has 0 aliphatic rings. The van der Waals surface area contributed by atoms with E-state index in [-0.39, 0.29) is 5.92 Å². The summed E-state index contributed by atoms with van der Waals surface area (Å²) < 4.78 is 12.0. The quantitative estimate of drug-likeness (QED) is 0.309. The van der Waals surface area contributed by atoms with E-state index in [1.165, 1.54) is 11.1 Å². The summed E-state index contributed by atoms with van der Waals surface area (Å²) in [4.78, 5) is 0. The zero-order valence-corrected chi connectivity index (χ0v) is 16.4. The number of rotatable bonds is 9. The number of halogens is 1. The zero-order chi connectivity index (χ0) is 18.2. The Kier molecular flexibility index (Phi) is 6.98. The lowest BCUT2D eigenvalue weighted by molar-refractivity contribution is 0.292. The summed E-state index contributed by atoms with van der Waals surface area (Å²) in [5.74, 6) is 2.56. The van der Waals surface area contributed by atoms with Crippen molar-refractivity contribution in [2.45, 2.75) is 25.9 Å². The van der Waals surface area contributed by atoms with Gasteiger partial charge in [0.2, 0.25) is 0 Å². The molecule has 0 aliphatic carbocycles. The molecule has 4 heteroatoms. The summed E-state index contributed by atoms with van der Waals surface area (Å²) in [6.07, 6.45) is 0.828. The number of ether oxygens (including phenoxy) is 2. The van der Waals surface area contributed by atoms with Crippen LogP contribution < -0.4 is 9.47 Å². The molecular weight excluding hydrogens is 364 g/mol. The maximum atomic E-state index is 6.19. The first-order chi connectivity index (χ1) is 12.8. The maximum absolute atomic E-state index is 6.19. The van der Waals surface area contributed by atoms with E-state index in [0.717, 1.165) is 23.5 Å². The van der Waals surface area contributed by atoms with Gasteiger partial charge in [-0.2, -0.15) is 11.3 Å². The van der Waals surface area contributed by atoms with Gasteiger partial charge in [-0.1, -0.05) is 43.3 Å². The first kappa shape index (κ1) is 18.8. The standard InChI is InChI=1S/C22H23ClO2S/c1-17(19-10-13-26-16-19)21-9-8-20(24-12-5-11-23)14-22(21)25-15-18-6-3-2-4-7-18/h2-4,6-10,13-14,16-17H,5,11-12,15H2,1H3. The summed E-state index contributed by atoms with van der Waals surface area (Å²) >= 11 is 7.45. The monoisotopic (exact) mass is 386 g/mol. The molecule has 1 aromatic heterocycles. The number of thiophene rings is 1. The molecule has 3 rings (SSSR count). The van der Waals surface area contributed by atoms with Gasteiger partial charge in [0.05, 0.1) is 6.61 Å². The third kappa shape index (κ3) is 5.03. The Morgan fingerprint density at radius 2 is 1.88 bits per heavy atom. The lowest BCUT2D eigenvalue weighted by Crippen LogP contribution is -2.04. The zero-order valence-electron chi connectivity index (χ0n) is 14.9. The molecule has 26 heavy (non-hydrogen) atoms. The van der Waals surface area contributed by atoms with Gasteiger partial charge < -0.3 is 9.47 Å². The van der Waals surface area contributed by atoms with Crippen LogP contribution in [0.4, 0.5) is 0 Å². The van der Waals surface area contributed by atoms with Crippen LogP contribution in [-0.2, 0) is 6.61 Å². The van der Waals surface area contributed by atoms with Gasteiger partial charge in [0.25, 0.3) is 0 Å². The SMILES string of the molecule is CC(c1ccsc1)c1ccc(OCCCCl)cc1OCc1ccccc1. The Morgan fingerprint density at radius 1 is 1.04 bits per heavy atom. The highest BCUT2D eigenvalue weighted by Crippen LogP contribution is 2.35. The molecule has 0 saturated carbocycles. The third-order valence-electron chi connectivity index (χ3n) is 4.28. The van der Waals surface area contributed by atoms with Gasteiger partial charge >= 0.3 is 0 Å². The Morgan fingerprint density at radius 3 is 2.62 bits per heavy atom. The summed E-state index contributed by atoms with van der Waals surface area (Å²) in [7, 11) is 0. The summed E-state index contributed by atoms with van der Waals surface area (Å²) in [6.45, 7) is 3.36. The van der Waals surface area contributed by atoms with Crippen LogP contribution >= 0.6 is 22.9 Å². The van der Waals surface area contributed by atoms with Crippen LogP contribution in [0.3, 0.4) is 0 Å². The predicted molar refractivity (Wildman–Crippen MR) is 110 cm³/mol. The van der Waals surface area contributed by atoms with Crippen molar-refractivity contribution in [3.05, 3.63) is 82.0 Å². The second-order valence-electron chi connectivity index (χ2n) is 6.14. The average molecular weight is 387 g/mol. The smallest absolute Gasteiger partial charge is 0.127 e. The minimum atomic E-state index is 0.268. The molecule has 0 spiro atoms. The first-order valence-corrected chi connectivity index (χ1v) is 10.3. The van der Waals surface area contributed by atoms with Gasteiger partial charge in [0, 0.05) is 23.4 Å². The Hall–Kier alpha value is -1.97. The summed E-state index contributed by atoms with van der Waals surface area (Å²) in [6, 6.07) is 18.5. The van der Waals surface area contributed by atoms with Crippen LogP contribution in [0.1, 0.15) is 36.0 Å². The fourth-order valence-corrected chi connectivity index (χ4v) is 3.63. The van der Waals surface area contributed by atoms with E-state index in [9.17, 15) is 0 Å². The maximum Gasteiger partial charge on any atom is 0.127 e. The average Bonchev–Trinajstić information content (AvgIpc) is 3.22. The largest absolute Gasteiger partial charge is 0.493 e. The van der Waals surface area contributed by atoms with Gasteiger partial charge in [-0.25, -0.2) is 0 Å². The number of hydrogen-bond acceptors (Lipinski definition) is 3. The second kappa shape index (κ2) is 9.65. The van der Waals surface area contributed by atoms with Crippen LogP contribution in [0.25, 0.3) is 0 Å². The number of benzene rings is 2. The molecule has 1 heterocycles. The second-order valence-corrected chi connectivity index (χ2v) is 7.30. The van der Waals surface area contributed by atoms with Crippen molar-refractivity contribution >= 4 is 22.9 Å². The van der Waals surface area contributed by atoms with Gasteiger partial charge in [-0.05, 0) is 40.4 Å². The molecule has 0 radical (unpaired) electrons. The molecule has 2 aromatic carbocycles. The van der Waals surface area contributed by atoms with Gasteiger partial charge in [0.15, 0.2) is 0 Å². The Bertz CT molecular complexity index is 787.